The molecule has 0 amide bonds. The van der Waals surface area contributed by atoms with Crippen molar-refractivity contribution in [2.45, 2.75) is 0 Å². The van der Waals surface area contributed by atoms with Crippen LogP contribution in [0.2, 0.25) is 0 Å². The second-order valence-electron chi connectivity index (χ2n) is 4.09. The zero-order valence-corrected chi connectivity index (χ0v) is 12.6. The van der Waals surface area contributed by atoms with Gasteiger partial charge in [-0.15, -0.1) is 0 Å². The lowest BCUT2D eigenvalue weighted by atomic mass is 10.2. The van der Waals surface area contributed by atoms with Crippen LogP contribution in [0, 0.1) is 0 Å². The quantitative estimate of drug-likeness (QED) is 0.894. The molecule has 0 saturated heterocycles. The van der Waals surface area contributed by atoms with Gasteiger partial charge < -0.3 is 5.32 Å². The zero-order chi connectivity index (χ0) is 13.9. The van der Waals surface area contributed by atoms with Gasteiger partial charge in [0.25, 0.3) is 0 Å². The van der Waals surface area contributed by atoms with Crippen LogP contribution in [0.1, 0.15) is 0 Å². The summed E-state index contributed by atoms with van der Waals surface area (Å²) in [5, 5.41) is 3.23. The lowest BCUT2D eigenvalue weighted by Crippen LogP contribution is -2.09. The van der Waals surface area contributed by atoms with Gasteiger partial charge in [-0.2, -0.15) is 0 Å². The van der Waals surface area contributed by atoms with Gasteiger partial charge >= 0.3 is 0 Å². The number of rotatable bonds is 4. The first kappa shape index (κ1) is 13.9. The van der Waals surface area contributed by atoms with Crippen molar-refractivity contribution < 1.29 is 8.42 Å². The number of halogens is 1. The molecular formula is C13H13BrN2O2S. The van der Waals surface area contributed by atoms with E-state index in [1.165, 1.54) is 0 Å². The molecule has 6 heteroatoms. The Morgan fingerprint density at radius 3 is 2.16 bits per heavy atom. The summed E-state index contributed by atoms with van der Waals surface area (Å²) in [7, 11) is -3.23. The molecule has 4 nitrogen and oxygen atoms in total. The molecule has 0 atom stereocenters. The predicted octanol–water partition coefficient (Wildman–Crippen LogP) is 3.56. The summed E-state index contributed by atoms with van der Waals surface area (Å²) in [5.41, 5.74) is 2.39. The van der Waals surface area contributed by atoms with Crippen molar-refractivity contribution >= 4 is 43.0 Å². The number of hydrogen-bond donors (Lipinski definition) is 2. The van der Waals surface area contributed by atoms with Crippen LogP contribution in [0.15, 0.2) is 53.0 Å². The lowest BCUT2D eigenvalue weighted by Gasteiger charge is -2.08. The molecule has 0 aliphatic carbocycles. The fraction of sp³-hybridized carbons (Fsp3) is 0.0769. The van der Waals surface area contributed by atoms with E-state index in [9.17, 15) is 8.42 Å². The molecule has 0 aromatic heterocycles. The maximum atomic E-state index is 11.1. The van der Waals surface area contributed by atoms with Crippen LogP contribution in [-0.2, 0) is 10.0 Å². The highest BCUT2D eigenvalue weighted by Crippen LogP contribution is 2.21. The van der Waals surface area contributed by atoms with E-state index in [4.69, 9.17) is 0 Å². The summed E-state index contributed by atoms with van der Waals surface area (Å²) in [5.74, 6) is 0. The Bertz CT molecular complexity index is 669. The molecule has 100 valence electrons. The van der Waals surface area contributed by atoms with Crippen molar-refractivity contribution in [3.8, 4) is 0 Å². The van der Waals surface area contributed by atoms with E-state index in [1.807, 2.05) is 36.4 Å². The van der Waals surface area contributed by atoms with Crippen LogP contribution >= 0.6 is 15.9 Å². The summed E-state index contributed by atoms with van der Waals surface area (Å²) in [6.07, 6.45) is 1.13. The Labute approximate surface area is 121 Å². The smallest absolute Gasteiger partial charge is 0.229 e. The highest BCUT2D eigenvalue weighted by Gasteiger charge is 2.01. The molecule has 2 N–H and O–H groups in total. The Balaban J connectivity index is 2.11. The average molecular weight is 341 g/mol. The molecule has 0 unspecified atom stereocenters. The van der Waals surface area contributed by atoms with E-state index in [0.717, 1.165) is 22.1 Å². The van der Waals surface area contributed by atoms with Gasteiger partial charge in [0.05, 0.1) is 6.26 Å². The predicted molar refractivity (Wildman–Crippen MR) is 82.3 cm³/mol. The minimum Gasteiger partial charge on any atom is -0.355 e. The Morgan fingerprint density at radius 2 is 1.58 bits per heavy atom. The summed E-state index contributed by atoms with van der Waals surface area (Å²) in [6.45, 7) is 0. The van der Waals surface area contributed by atoms with Gasteiger partial charge in [-0.3, -0.25) is 4.72 Å². The second-order valence-corrected chi connectivity index (χ2v) is 6.75. The number of anilines is 3. The maximum Gasteiger partial charge on any atom is 0.229 e. The van der Waals surface area contributed by atoms with Crippen LogP contribution in [0.5, 0.6) is 0 Å². The second kappa shape index (κ2) is 5.63. The van der Waals surface area contributed by atoms with Gasteiger partial charge in [-0.1, -0.05) is 22.0 Å². The molecule has 0 heterocycles. The molecular weight excluding hydrogens is 328 g/mol. The van der Waals surface area contributed by atoms with E-state index in [2.05, 4.69) is 26.0 Å². The summed E-state index contributed by atoms with van der Waals surface area (Å²) in [4.78, 5) is 0. The fourth-order valence-electron chi connectivity index (χ4n) is 1.57. The fourth-order valence-corrected chi connectivity index (χ4v) is 2.53. The highest BCUT2D eigenvalue weighted by molar-refractivity contribution is 9.10. The molecule has 2 rings (SSSR count). The largest absolute Gasteiger partial charge is 0.355 e. The van der Waals surface area contributed by atoms with Crippen molar-refractivity contribution in [2.75, 3.05) is 16.3 Å². The molecule has 19 heavy (non-hydrogen) atoms. The lowest BCUT2D eigenvalue weighted by molar-refractivity contribution is 0.607. The minimum absolute atomic E-state index is 0.544. The molecule has 2 aromatic carbocycles. The summed E-state index contributed by atoms with van der Waals surface area (Å²) >= 11 is 3.40. The zero-order valence-electron chi connectivity index (χ0n) is 10.2. The number of hydrogen-bond acceptors (Lipinski definition) is 3. The number of nitrogens with one attached hydrogen (secondary N) is 2. The third-order valence-electron chi connectivity index (χ3n) is 2.30. The highest BCUT2D eigenvalue weighted by atomic mass is 79.9. The Morgan fingerprint density at radius 1 is 0.947 bits per heavy atom. The van der Waals surface area contributed by atoms with Gasteiger partial charge in [0.1, 0.15) is 0 Å². The van der Waals surface area contributed by atoms with Crippen LogP contribution in [0.4, 0.5) is 17.1 Å². The van der Waals surface area contributed by atoms with E-state index in [-0.39, 0.29) is 0 Å². The van der Waals surface area contributed by atoms with E-state index < -0.39 is 10.0 Å². The van der Waals surface area contributed by atoms with Gasteiger partial charge in [-0.05, 0) is 42.5 Å². The molecule has 0 spiro atoms. The van der Waals surface area contributed by atoms with Gasteiger partial charge in [0.2, 0.25) is 10.0 Å². The van der Waals surface area contributed by atoms with E-state index >= 15 is 0 Å². The monoisotopic (exact) mass is 340 g/mol. The molecule has 0 fully saturated rings. The summed E-state index contributed by atoms with van der Waals surface area (Å²) < 4.78 is 25.6. The van der Waals surface area contributed by atoms with Crippen LogP contribution in [-0.4, -0.2) is 14.7 Å². The Kier molecular flexibility index (Phi) is 4.11. The van der Waals surface area contributed by atoms with Crippen molar-refractivity contribution in [1.82, 2.24) is 0 Å². The molecule has 0 aliphatic rings. The maximum absolute atomic E-state index is 11.1. The Hall–Kier alpha value is -1.53. The minimum atomic E-state index is -3.23. The topological polar surface area (TPSA) is 58.2 Å². The first-order valence-corrected chi connectivity index (χ1v) is 8.21. The van der Waals surface area contributed by atoms with Crippen LogP contribution in [0.3, 0.4) is 0 Å². The van der Waals surface area contributed by atoms with Gasteiger partial charge in [-0.25, -0.2) is 8.42 Å². The summed E-state index contributed by atoms with van der Waals surface area (Å²) in [6, 6.07) is 14.8. The van der Waals surface area contributed by atoms with Crippen molar-refractivity contribution in [3.05, 3.63) is 53.0 Å². The number of sulfonamides is 1. The van der Waals surface area contributed by atoms with Crippen LogP contribution in [0.25, 0.3) is 0 Å². The number of benzene rings is 2. The molecule has 2 aromatic rings. The third kappa shape index (κ3) is 4.57. The molecule has 0 radical (unpaired) electrons. The standard InChI is InChI=1S/C13H13BrN2O2S/c1-19(17,18)16-12-7-5-11(6-8-12)15-13-4-2-3-10(14)9-13/h2-9,15-16H,1H3. The van der Waals surface area contributed by atoms with E-state index in [1.54, 1.807) is 12.1 Å². The SMILES string of the molecule is CS(=O)(=O)Nc1ccc(Nc2cccc(Br)c2)cc1. The van der Waals surface area contributed by atoms with Crippen LogP contribution < -0.4 is 10.0 Å². The van der Waals surface area contributed by atoms with Crippen molar-refractivity contribution in [2.24, 2.45) is 0 Å². The first-order chi connectivity index (χ1) is 8.92. The van der Waals surface area contributed by atoms with Crippen molar-refractivity contribution in [3.63, 3.8) is 0 Å². The van der Waals surface area contributed by atoms with E-state index in [0.29, 0.717) is 5.69 Å². The first-order valence-electron chi connectivity index (χ1n) is 5.53. The normalized spacial score (nSPS) is 11.1. The van der Waals surface area contributed by atoms with Gasteiger partial charge in [0, 0.05) is 21.5 Å². The van der Waals surface area contributed by atoms with Gasteiger partial charge in [0.15, 0.2) is 0 Å². The van der Waals surface area contributed by atoms with Crippen molar-refractivity contribution in [1.29, 1.82) is 0 Å². The molecule has 0 bridgehead atoms. The molecule has 0 aliphatic heterocycles. The molecule has 0 saturated carbocycles. The third-order valence-corrected chi connectivity index (χ3v) is 3.40. The average Bonchev–Trinajstić information content (AvgIpc) is 2.30.